The molecule has 0 saturated carbocycles. The van der Waals surface area contributed by atoms with Crippen molar-refractivity contribution in [1.29, 1.82) is 0 Å². The molecule has 0 spiro atoms. The highest BCUT2D eigenvalue weighted by Gasteiger charge is 2.17. The number of H-pyrrole nitrogens is 1. The number of fused-ring (bicyclic) bond motifs is 1. The second kappa shape index (κ2) is 8.88. The van der Waals surface area contributed by atoms with E-state index in [0.29, 0.717) is 28.2 Å². The molecule has 0 aliphatic heterocycles. The average Bonchev–Trinajstić information content (AvgIpc) is 3.12. The van der Waals surface area contributed by atoms with Gasteiger partial charge in [0.1, 0.15) is 12.4 Å². The van der Waals surface area contributed by atoms with Gasteiger partial charge in [-0.25, -0.2) is 4.98 Å². The summed E-state index contributed by atoms with van der Waals surface area (Å²) in [5.41, 5.74) is 4.70. The van der Waals surface area contributed by atoms with Crippen molar-refractivity contribution in [3.8, 4) is 22.9 Å². The molecule has 3 aromatic carbocycles. The fraction of sp³-hybridized carbons (Fsp3) is 0.174. The van der Waals surface area contributed by atoms with Crippen LogP contribution in [0.1, 0.15) is 18.1 Å². The van der Waals surface area contributed by atoms with Gasteiger partial charge in [0.25, 0.3) is 0 Å². The highest BCUT2D eigenvalue weighted by molar-refractivity contribution is 9.10. The summed E-state index contributed by atoms with van der Waals surface area (Å²) >= 11 is 16.2. The van der Waals surface area contributed by atoms with E-state index in [2.05, 4.69) is 33.9 Å². The lowest BCUT2D eigenvalue weighted by Gasteiger charge is -2.16. The van der Waals surface area contributed by atoms with Gasteiger partial charge in [-0.2, -0.15) is 0 Å². The van der Waals surface area contributed by atoms with Crippen molar-refractivity contribution in [3.05, 3.63) is 74.2 Å². The predicted molar refractivity (Wildman–Crippen MR) is 126 cm³/mol. The van der Waals surface area contributed by atoms with Crippen LogP contribution in [0.5, 0.6) is 11.5 Å². The van der Waals surface area contributed by atoms with Gasteiger partial charge >= 0.3 is 0 Å². The lowest BCUT2D eigenvalue weighted by atomic mass is 10.2. The molecule has 0 aliphatic rings. The Bertz CT molecular complexity index is 1200. The average molecular weight is 506 g/mol. The summed E-state index contributed by atoms with van der Waals surface area (Å²) in [6, 6.07) is 15.4. The Labute approximate surface area is 193 Å². The molecule has 4 nitrogen and oxygen atoms in total. The molecule has 0 atom stereocenters. The zero-order valence-corrected chi connectivity index (χ0v) is 19.5. The maximum absolute atomic E-state index is 6.27. The Morgan fingerprint density at radius 1 is 1.03 bits per heavy atom. The number of halogens is 3. The molecule has 1 heterocycles. The molecule has 0 unspecified atom stereocenters. The molecule has 4 aromatic rings. The molecule has 1 N–H and O–H groups in total. The number of ether oxygens (including phenoxy) is 2. The smallest absolute Gasteiger partial charge is 0.175 e. The fourth-order valence-corrected chi connectivity index (χ4v) is 4.25. The van der Waals surface area contributed by atoms with Crippen LogP contribution in [-0.2, 0) is 6.61 Å². The van der Waals surface area contributed by atoms with Gasteiger partial charge in [0.15, 0.2) is 11.5 Å². The van der Waals surface area contributed by atoms with Crippen molar-refractivity contribution >= 4 is 50.2 Å². The first-order valence-corrected chi connectivity index (χ1v) is 11.0. The molecular formula is C23H19BrCl2N2O2. The van der Waals surface area contributed by atoms with Crippen molar-refractivity contribution in [2.24, 2.45) is 0 Å². The van der Waals surface area contributed by atoms with Crippen molar-refractivity contribution in [3.63, 3.8) is 0 Å². The molecule has 0 saturated heterocycles. The summed E-state index contributed by atoms with van der Waals surface area (Å²) in [4.78, 5) is 8.08. The number of nitrogens with zero attached hydrogens (tertiary/aromatic N) is 1. The van der Waals surface area contributed by atoms with E-state index in [9.17, 15) is 0 Å². The minimum absolute atomic E-state index is 0.223. The molecule has 7 heteroatoms. The zero-order chi connectivity index (χ0) is 21.3. The highest BCUT2D eigenvalue weighted by atomic mass is 79.9. The Balaban J connectivity index is 1.69. The van der Waals surface area contributed by atoms with E-state index in [0.717, 1.165) is 32.5 Å². The van der Waals surface area contributed by atoms with E-state index in [1.165, 1.54) is 5.56 Å². The molecule has 1 aromatic heterocycles. The number of hydrogen-bond acceptors (Lipinski definition) is 3. The maximum atomic E-state index is 6.27. The number of aromatic nitrogens is 2. The first kappa shape index (κ1) is 21.0. The molecule has 4 rings (SSSR count). The van der Waals surface area contributed by atoms with E-state index in [1.54, 1.807) is 18.2 Å². The number of nitrogens with one attached hydrogen (secondary N) is 1. The van der Waals surface area contributed by atoms with E-state index in [4.69, 9.17) is 37.7 Å². The summed E-state index contributed by atoms with van der Waals surface area (Å²) < 4.78 is 12.7. The topological polar surface area (TPSA) is 47.1 Å². The second-order valence-electron chi connectivity index (χ2n) is 6.81. The van der Waals surface area contributed by atoms with E-state index in [1.807, 2.05) is 31.2 Å². The number of aromatic amines is 1. The van der Waals surface area contributed by atoms with Crippen molar-refractivity contribution in [2.75, 3.05) is 6.61 Å². The van der Waals surface area contributed by atoms with E-state index < -0.39 is 0 Å². The van der Waals surface area contributed by atoms with Crippen LogP contribution in [0.3, 0.4) is 0 Å². The third-order valence-corrected chi connectivity index (χ3v) is 5.94. The zero-order valence-electron chi connectivity index (χ0n) is 16.4. The molecule has 154 valence electrons. The third kappa shape index (κ3) is 4.29. The van der Waals surface area contributed by atoms with Gasteiger partial charge in [-0.1, -0.05) is 35.3 Å². The third-order valence-electron chi connectivity index (χ3n) is 4.64. The Morgan fingerprint density at radius 3 is 2.53 bits per heavy atom. The van der Waals surface area contributed by atoms with Crippen LogP contribution in [0.2, 0.25) is 10.0 Å². The van der Waals surface area contributed by atoms with Crippen LogP contribution in [-0.4, -0.2) is 16.6 Å². The summed E-state index contributed by atoms with van der Waals surface area (Å²) in [5.74, 6) is 1.96. The van der Waals surface area contributed by atoms with Crippen LogP contribution in [0.4, 0.5) is 0 Å². The molecule has 0 bridgehead atoms. The van der Waals surface area contributed by atoms with Crippen molar-refractivity contribution in [2.45, 2.75) is 20.5 Å². The predicted octanol–water partition coefficient (Wildman–Crippen LogP) is 7.59. The van der Waals surface area contributed by atoms with Gasteiger partial charge in [-0.05, 0) is 71.7 Å². The Morgan fingerprint density at radius 2 is 1.80 bits per heavy atom. The van der Waals surface area contributed by atoms with Gasteiger partial charge in [0.2, 0.25) is 0 Å². The number of aryl methyl sites for hydroxylation is 1. The van der Waals surface area contributed by atoms with Gasteiger partial charge < -0.3 is 14.5 Å². The number of imidazole rings is 1. The van der Waals surface area contributed by atoms with Crippen LogP contribution >= 0.6 is 39.1 Å². The Kier molecular flexibility index (Phi) is 6.23. The standard InChI is InChI=1S/C23H19BrCl2N2O2/c1-3-29-21-11-14(23-27-19-8-7-13(2)9-20(19)28-23)10-16(24)22(21)30-12-15-17(25)5-4-6-18(15)26/h4-11H,3,12H2,1-2H3,(H,27,28). The summed E-state index contributed by atoms with van der Waals surface area (Å²) in [6.45, 7) is 4.71. The van der Waals surface area contributed by atoms with Crippen molar-refractivity contribution < 1.29 is 9.47 Å². The first-order valence-electron chi connectivity index (χ1n) is 9.45. The number of rotatable bonds is 6. The number of hydrogen-bond donors (Lipinski definition) is 1. The SMILES string of the molecule is CCOc1cc(-c2nc3ccc(C)cc3[nH]2)cc(Br)c1OCc1c(Cl)cccc1Cl. The molecule has 30 heavy (non-hydrogen) atoms. The molecule has 0 aliphatic carbocycles. The highest BCUT2D eigenvalue weighted by Crippen LogP contribution is 2.40. The Hall–Kier alpha value is -2.21. The minimum atomic E-state index is 0.223. The molecule has 0 fully saturated rings. The first-order chi connectivity index (χ1) is 14.5. The molecule has 0 radical (unpaired) electrons. The van der Waals surface area contributed by atoms with Crippen LogP contribution in [0, 0.1) is 6.92 Å². The summed E-state index contributed by atoms with van der Waals surface area (Å²) in [6.07, 6.45) is 0. The quantitative estimate of drug-likeness (QED) is 0.293. The van der Waals surface area contributed by atoms with Crippen molar-refractivity contribution in [1.82, 2.24) is 9.97 Å². The summed E-state index contributed by atoms with van der Waals surface area (Å²) in [5, 5.41) is 1.12. The largest absolute Gasteiger partial charge is 0.490 e. The van der Waals surface area contributed by atoms with Crippen LogP contribution in [0.25, 0.3) is 22.4 Å². The molecular weight excluding hydrogens is 487 g/mol. The van der Waals surface area contributed by atoms with Gasteiger partial charge in [0.05, 0.1) is 22.1 Å². The molecule has 0 amide bonds. The maximum Gasteiger partial charge on any atom is 0.175 e. The lowest BCUT2D eigenvalue weighted by Crippen LogP contribution is -2.02. The minimum Gasteiger partial charge on any atom is -0.490 e. The fourth-order valence-electron chi connectivity index (χ4n) is 3.18. The monoisotopic (exact) mass is 504 g/mol. The van der Waals surface area contributed by atoms with Gasteiger partial charge in [0, 0.05) is 21.2 Å². The second-order valence-corrected chi connectivity index (χ2v) is 8.48. The van der Waals surface area contributed by atoms with Gasteiger partial charge in [-0.15, -0.1) is 0 Å². The van der Waals surface area contributed by atoms with E-state index >= 15 is 0 Å². The normalized spacial score (nSPS) is 11.1. The van der Waals surface area contributed by atoms with Crippen LogP contribution in [0.15, 0.2) is 53.0 Å². The van der Waals surface area contributed by atoms with Gasteiger partial charge in [-0.3, -0.25) is 0 Å². The number of benzene rings is 3. The van der Waals surface area contributed by atoms with Crippen LogP contribution < -0.4 is 9.47 Å². The van der Waals surface area contributed by atoms with E-state index in [-0.39, 0.29) is 6.61 Å². The summed E-state index contributed by atoms with van der Waals surface area (Å²) in [7, 11) is 0. The lowest BCUT2D eigenvalue weighted by molar-refractivity contribution is 0.268.